The highest BCUT2D eigenvalue weighted by Gasteiger charge is 2.42. The van der Waals surface area contributed by atoms with Crippen LogP contribution in [0.25, 0.3) is 54.9 Å². The molecule has 0 radical (unpaired) electrons. The Kier molecular flexibility index (Phi) is 4.12. The molecule has 0 amide bonds. The van der Waals surface area contributed by atoms with Crippen molar-refractivity contribution in [3.05, 3.63) is 130 Å². The SMILES string of the molecule is CC1(C)c2ccccc2-c2cc3cc4c5c(cc6c4c(c3cc21)-c1ccccc1C6(C)C)C(C)(C)c1ccccc1-5. The van der Waals surface area contributed by atoms with Crippen molar-refractivity contribution in [3.8, 4) is 33.4 Å². The number of rotatable bonds is 0. The number of hydrogen-bond acceptors (Lipinski definition) is 0. The lowest BCUT2D eigenvalue weighted by atomic mass is 9.66. The molecule has 0 nitrogen and oxygen atoms in total. The van der Waals surface area contributed by atoms with E-state index in [-0.39, 0.29) is 16.2 Å². The van der Waals surface area contributed by atoms with Crippen LogP contribution in [0, 0.1) is 0 Å². The van der Waals surface area contributed by atoms with Gasteiger partial charge in [-0.05, 0) is 107 Å². The summed E-state index contributed by atoms with van der Waals surface area (Å²) in [4.78, 5) is 0. The van der Waals surface area contributed by atoms with E-state index in [1.54, 1.807) is 0 Å². The first kappa shape index (κ1) is 23.5. The van der Waals surface area contributed by atoms with Gasteiger partial charge in [-0.1, -0.05) is 120 Å². The van der Waals surface area contributed by atoms with Crippen molar-refractivity contribution in [2.45, 2.75) is 57.8 Å². The highest BCUT2D eigenvalue weighted by molar-refractivity contribution is 6.21. The summed E-state index contributed by atoms with van der Waals surface area (Å²) in [6.45, 7) is 14.5. The zero-order chi connectivity index (χ0) is 28.1. The fourth-order valence-corrected chi connectivity index (χ4v) is 8.85. The first-order valence-corrected chi connectivity index (χ1v) is 15.0. The van der Waals surface area contributed by atoms with E-state index < -0.39 is 0 Å². The Hall–Kier alpha value is -4.16. The summed E-state index contributed by atoms with van der Waals surface area (Å²) >= 11 is 0. The van der Waals surface area contributed by atoms with Crippen LogP contribution in [0.4, 0.5) is 0 Å². The van der Waals surface area contributed by atoms with E-state index in [1.165, 1.54) is 88.3 Å². The average molecular weight is 527 g/mol. The summed E-state index contributed by atoms with van der Waals surface area (Å²) in [6.07, 6.45) is 0. The second kappa shape index (κ2) is 7.18. The second-order valence-electron chi connectivity index (χ2n) is 14.2. The first-order chi connectivity index (χ1) is 19.6. The molecule has 198 valence electrons. The maximum atomic E-state index is 2.58. The van der Waals surface area contributed by atoms with E-state index in [4.69, 9.17) is 0 Å². The summed E-state index contributed by atoms with van der Waals surface area (Å²) in [5.74, 6) is 0. The molecule has 6 aromatic carbocycles. The maximum Gasteiger partial charge on any atom is 0.0159 e. The van der Waals surface area contributed by atoms with Crippen LogP contribution in [0.15, 0.2) is 97.1 Å². The minimum atomic E-state index is -0.0956. The van der Waals surface area contributed by atoms with Gasteiger partial charge in [-0.3, -0.25) is 0 Å². The fourth-order valence-electron chi connectivity index (χ4n) is 8.85. The van der Waals surface area contributed by atoms with Gasteiger partial charge in [-0.2, -0.15) is 0 Å². The lowest BCUT2D eigenvalue weighted by Crippen LogP contribution is -2.25. The van der Waals surface area contributed by atoms with E-state index in [9.17, 15) is 0 Å². The zero-order valence-corrected chi connectivity index (χ0v) is 24.7. The molecule has 0 saturated heterocycles. The maximum absolute atomic E-state index is 2.58. The van der Waals surface area contributed by atoms with Crippen LogP contribution >= 0.6 is 0 Å². The molecule has 0 heteroatoms. The predicted octanol–water partition coefficient (Wildman–Crippen LogP) is 10.9. The number of fused-ring (bicyclic) bond motifs is 11. The third-order valence-electron chi connectivity index (χ3n) is 11.0. The van der Waals surface area contributed by atoms with Crippen LogP contribution in [0.2, 0.25) is 0 Å². The summed E-state index contributed by atoms with van der Waals surface area (Å²) < 4.78 is 0. The van der Waals surface area contributed by atoms with Crippen LogP contribution in [0.1, 0.15) is 74.9 Å². The van der Waals surface area contributed by atoms with Crippen molar-refractivity contribution in [2.75, 3.05) is 0 Å². The number of benzene rings is 6. The largest absolute Gasteiger partial charge is 0.0619 e. The Balaban J connectivity index is 1.53. The molecule has 6 aromatic rings. The van der Waals surface area contributed by atoms with Crippen molar-refractivity contribution >= 4 is 21.5 Å². The summed E-state index contributed by atoms with van der Waals surface area (Å²) in [6, 6.07) is 37.5. The van der Waals surface area contributed by atoms with Crippen molar-refractivity contribution in [3.63, 3.8) is 0 Å². The van der Waals surface area contributed by atoms with Gasteiger partial charge in [-0.15, -0.1) is 0 Å². The summed E-state index contributed by atoms with van der Waals surface area (Å²) in [7, 11) is 0. The van der Waals surface area contributed by atoms with Gasteiger partial charge < -0.3 is 0 Å². The molecule has 0 bridgehead atoms. The quantitative estimate of drug-likeness (QED) is 0.173. The van der Waals surface area contributed by atoms with Crippen molar-refractivity contribution in [1.82, 2.24) is 0 Å². The molecule has 3 aliphatic carbocycles. The van der Waals surface area contributed by atoms with Crippen molar-refractivity contribution < 1.29 is 0 Å². The molecule has 0 fully saturated rings. The standard InChI is InChI=1S/C41H34/c1-39(2)30-16-10-7-13-24(30)28-19-23-20-29-36-25-14-8-11-17-31(25)40(3,4)34(36)22-35-38(29)37(27(23)21-33(28)39)26-15-9-12-18-32(26)41(35,5)6/h7-22H,1-6H3. The Labute approximate surface area is 242 Å². The monoisotopic (exact) mass is 526 g/mol. The van der Waals surface area contributed by atoms with Crippen LogP contribution in [-0.4, -0.2) is 0 Å². The molecule has 0 atom stereocenters. The van der Waals surface area contributed by atoms with E-state index in [1.807, 2.05) is 0 Å². The Morgan fingerprint density at radius 3 is 1.54 bits per heavy atom. The molecular weight excluding hydrogens is 492 g/mol. The molecule has 0 unspecified atom stereocenters. The molecule has 41 heavy (non-hydrogen) atoms. The summed E-state index contributed by atoms with van der Waals surface area (Å²) in [5.41, 5.74) is 16.9. The van der Waals surface area contributed by atoms with Gasteiger partial charge in [0.1, 0.15) is 0 Å². The lowest BCUT2D eigenvalue weighted by molar-refractivity contribution is 0.630. The molecule has 0 spiro atoms. The molecule has 3 aliphatic rings. The van der Waals surface area contributed by atoms with Gasteiger partial charge in [0.25, 0.3) is 0 Å². The molecule has 9 rings (SSSR count). The van der Waals surface area contributed by atoms with E-state index >= 15 is 0 Å². The Bertz CT molecular complexity index is 2170. The highest BCUT2D eigenvalue weighted by Crippen LogP contribution is 2.59. The van der Waals surface area contributed by atoms with Gasteiger partial charge in [0, 0.05) is 16.2 Å². The summed E-state index contributed by atoms with van der Waals surface area (Å²) in [5, 5.41) is 5.58. The van der Waals surface area contributed by atoms with Crippen LogP contribution in [-0.2, 0) is 16.2 Å². The smallest absolute Gasteiger partial charge is 0.0159 e. The van der Waals surface area contributed by atoms with Crippen molar-refractivity contribution in [1.29, 1.82) is 0 Å². The van der Waals surface area contributed by atoms with Crippen LogP contribution < -0.4 is 0 Å². The topological polar surface area (TPSA) is 0 Å². The third kappa shape index (κ3) is 2.63. The van der Waals surface area contributed by atoms with Crippen molar-refractivity contribution in [2.24, 2.45) is 0 Å². The normalized spacial score (nSPS) is 17.6. The van der Waals surface area contributed by atoms with E-state index in [2.05, 4.69) is 139 Å². The predicted molar refractivity (Wildman–Crippen MR) is 174 cm³/mol. The number of hydrogen-bond donors (Lipinski definition) is 0. The van der Waals surface area contributed by atoms with Gasteiger partial charge in [0.05, 0.1) is 0 Å². The van der Waals surface area contributed by atoms with Gasteiger partial charge >= 0.3 is 0 Å². The van der Waals surface area contributed by atoms with E-state index in [0.29, 0.717) is 0 Å². The molecule has 0 saturated carbocycles. The minimum absolute atomic E-state index is 0.0288. The Morgan fingerprint density at radius 2 is 0.878 bits per heavy atom. The van der Waals surface area contributed by atoms with Crippen LogP contribution in [0.5, 0.6) is 0 Å². The highest BCUT2D eigenvalue weighted by atomic mass is 14.5. The Morgan fingerprint density at radius 1 is 0.366 bits per heavy atom. The van der Waals surface area contributed by atoms with Gasteiger partial charge in [0.15, 0.2) is 0 Å². The van der Waals surface area contributed by atoms with Gasteiger partial charge in [0.2, 0.25) is 0 Å². The van der Waals surface area contributed by atoms with E-state index in [0.717, 1.165) is 0 Å². The second-order valence-corrected chi connectivity index (χ2v) is 14.2. The molecule has 0 heterocycles. The van der Waals surface area contributed by atoms with Gasteiger partial charge in [-0.25, -0.2) is 0 Å². The lowest BCUT2D eigenvalue weighted by Gasteiger charge is -2.37. The van der Waals surface area contributed by atoms with Crippen LogP contribution in [0.3, 0.4) is 0 Å². The molecular formula is C41H34. The molecule has 0 aromatic heterocycles. The average Bonchev–Trinajstić information content (AvgIpc) is 3.33. The fraction of sp³-hybridized carbons (Fsp3) is 0.220. The zero-order valence-electron chi connectivity index (χ0n) is 24.7. The third-order valence-corrected chi connectivity index (χ3v) is 11.0. The molecule has 0 aliphatic heterocycles. The first-order valence-electron chi connectivity index (χ1n) is 15.0. The molecule has 0 N–H and O–H groups in total. The minimum Gasteiger partial charge on any atom is -0.0619 e.